The van der Waals surface area contributed by atoms with Crippen molar-refractivity contribution in [2.45, 2.75) is 6.54 Å². The van der Waals surface area contributed by atoms with E-state index in [1.165, 1.54) is 6.26 Å². The standard InChI is InChI=1S/C16H11F2N3O4/c17-9-3-4-12(18)13(6-9)20-14(22)11-7-19-16(24)21(15(11)23)8-10-2-1-5-25-10/h1-7H,8H2,(H,19,24)(H,20,22). The van der Waals surface area contributed by atoms with Crippen LogP contribution >= 0.6 is 0 Å². The van der Waals surface area contributed by atoms with Gasteiger partial charge in [0, 0.05) is 12.3 Å². The quantitative estimate of drug-likeness (QED) is 0.751. The molecule has 0 aliphatic rings. The van der Waals surface area contributed by atoms with E-state index in [9.17, 15) is 23.2 Å². The van der Waals surface area contributed by atoms with E-state index in [0.29, 0.717) is 5.76 Å². The Balaban J connectivity index is 1.94. The van der Waals surface area contributed by atoms with E-state index < -0.39 is 40.0 Å². The molecule has 2 aromatic heterocycles. The summed E-state index contributed by atoms with van der Waals surface area (Å²) in [6.45, 7) is -0.184. The Hall–Kier alpha value is -3.49. The molecule has 1 aromatic carbocycles. The number of aromatic nitrogens is 2. The summed E-state index contributed by atoms with van der Waals surface area (Å²) >= 11 is 0. The van der Waals surface area contributed by atoms with Crippen LogP contribution in [0.4, 0.5) is 14.5 Å². The lowest BCUT2D eigenvalue weighted by molar-refractivity contribution is 0.102. The molecule has 0 aliphatic carbocycles. The van der Waals surface area contributed by atoms with Crippen molar-refractivity contribution in [3.63, 3.8) is 0 Å². The largest absolute Gasteiger partial charge is 0.467 e. The summed E-state index contributed by atoms with van der Waals surface area (Å²) in [5, 5.41) is 2.10. The lowest BCUT2D eigenvalue weighted by atomic mass is 10.2. The van der Waals surface area contributed by atoms with Crippen molar-refractivity contribution < 1.29 is 18.0 Å². The first-order chi connectivity index (χ1) is 12.0. The van der Waals surface area contributed by atoms with Crippen molar-refractivity contribution in [1.82, 2.24) is 9.55 Å². The van der Waals surface area contributed by atoms with Gasteiger partial charge in [-0.2, -0.15) is 0 Å². The van der Waals surface area contributed by atoms with Crippen LogP contribution in [0.15, 0.2) is 56.8 Å². The van der Waals surface area contributed by atoms with Gasteiger partial charge >= 0.3 is 5.69 Å². The highest BCUT2D eigenvalue weighted by Gasteiger charge is 2.17. The molecule has 2 heterocycles. The molecule has 3 aromatic rings. The fourth-order valence-electron chi connectivity index (χ4n) is 2.16. The molecule has 128 valence electrons. The number of amides is 1. The molecule has 0 unspecified atom stereocenters. The molecule has 2 N–H and O–H groups in total. The number of nitrogens with zero attached hydrogens (tertiary/aromatic N) is 1. The van der Waals surface area contributed by atoms with Gasteiger partial charge in [0.15, 0.2) is 0 Å². The number of nitrogens with one attached hydrogen (secondary N) is 2. The van der Waals surface area contributed by atoms with E-state index >= 15 is 0 Å². The summed E-state index contributed by atoms with van der Waals surface area (Å²) < 4.78 is 32.6. The minimum Gasteiger partial charge on any atom is -0.467 e. The second-order valence-corrected chi connectivity index (χ2v) is 5.06. The second kappa shape index (κ2) is 6.56. The lowest BCUT2D eigenvalue weighted by Crippen LogP contribution is -2.39. The fourth-order valence-corrected chi connectivity index (χ4v) is 2.16. The molecule has 0 saturated carbocycles. The maximum atomic E-state index is 13.6. The smallest absolute Gasteiger partial charge is 0.328 e. The van der Waals surface area contributed by atoms with Crippen LogP contribution in [-0.4, -0.2) is 15.5 Å². The van der Waals surface area contributed by atoms with Gasteiger partial charge in [0.25, 0.3) is 11.5 Å². The Kier molecular flexibility index (Phi) is 4.29. The molecule has 1 amide bonds. The van der Waals surface area contributed by atoms with E-state index in [2.05, 4.69) is 10.3 Å². The highest BCUT2D eigenvalue weighted by atomic mass is 19.1. The van der Waals surface area contributed by atoms with Gasteiger partial charge in [-0.15, -0.1) is 0 Å². The molecule has 0 aliphatic heterocycles. The van der Waals surface area contributed by atoms with Crippen molar-refractivity contribution >= 4 is 11.6 Å². The van der Waals surface area contributed by atoms with E-state index in [1.807, 2.05) is 0 Å². The molecule has 3 rings (SSSR count). The third kappa shape index (κ3) is 3.39. The minimum absolute atomic E-state index is 0.184. The maximum Gasteiger partial charge on any atom is 0.328 e. The summed E-state index contributed by atoms with van der Waals surface area (Å²) in [5.41, 5.74) is -2.49. The number of anilines is 1. The number of hydrogen-bond acceptors (Lipinski definition) is 4. The first-order valence-electron chi connectivity index (χ1n) is 7.07. The van der Waals surface area contributed by atoms with Gasteiger partial charge in [-0.1, -0.05) is 0 Å². The predicted octanol–water partition coefficient (Wildman–Crippen LogP) is 1.71. The molecule has 0 bridgehead atoms. The monoisotopic (exact) mass is 347 g/mol. The highest BCUT2D eigenvalue weighted by molar-refractivity contribution is 6.03. The Labute approximate surface area is 138 Å². The van der Waals surface area contributed by atoms with Crippen LogP contribution in [0.1, 0.15) is 16.1 Å². The van der Waals surface area contributed by atoms with Crippen molar-refractivity contribution in [3.05, 3.63) is 86.6 Å². The molecule has 7 nitrogen and oxygen atoms in total. The number of rotatable bonds is 4. The molecule has 0 saturated heterocycles. The maximum absolute atomic E-state index is 13.6. The molecule has 0 fully saturated rings. The number of H-pyrrole nitrogens is 1. The topological polar surface area (TPSA) is 97.1 Å². The molecule has 25 heavy (non-hydrogen) atoms. The van der Waals surface area contributed by atoms with Crippen molar-refractivity contribution in [3.8, 4) is 0 Å². The Morgan fingerprint density at radius 2 is 2.04 bits per heavy atom. The van der Waals surface area contributed by atoms with Crippen molar-refractivity contribution in [2.24, 2.45) is 0 Å². The number of halogens is 2. The number of carbonyl (C=O) groups is 1. The normalized spacial score (nSPS) is 10.6. The minimum atomic E-state index is -0.987. The molecule has 0 atom stereocenters. The summed E-state index contributed by atoms with van der Waals surface area (Å²) in [5.74, 6) is -2.27. The van der Waals surface area contributed by atoms with E-state index in [-0.39, 0.29) is 6.54 Å². The third-order valence-electron chi connectivity index (χ3n) is 3.38. The van der Waals surface area contributed by atoms with Crippen LogP contribution in [0.3, 0.4) is 0 Å². The summed E-state index contributed by atoms with van der Waals surface area (Å²) in [6.07, 6.45) is 2.29. The third-order valence-corrected chi connectivity index (χ3v) is 3.38. The molecule has 0 radical (unpaired) electrons. The molecular weight excluding hydrogens is 336 g/mol. The SMILES string of the molecule is O=C(Nc1cc(F)ccc1F)c1c[nH]c(=O)n(Cc2ccco2)c1=O. The van der Waals surface area contributed by atoms with Crippen LogP contribution in [-0.2, 0) is 6.54 Å². The second-order valence-electron chi connectivity index (χ2n) is 5.06. The summed E-state index contributed by atoms with van der Waals surface area (Å²) in [4.78, 5) is 38.7. The van der Waals surface area contributed by atoms with Gasteiger partial charge in [-0.05, 0) is 24.3 Å². The molecule has 9 heteroatoms. The Morgan fingerprint density at radius 1 is 1.24 bits per heavy atom. The number of carbonyl (C=O) groups excluding carboxylic acids is 1. The van der Waals surface area contributed by atoms with Gasteiger partial charge in [0.1, 0.15) is 23.0 Å². The Bertz CT molecular complexity index is 1040. The van der Waals surface area contributed by atoms with Crippen LogP contribution in [0.25, 0.3) is 0 Å². The zero-order chi connectivity index (χ0) is 18.0. The number of benzene rings is 1. The van der Waals surface area contributed by atoms with Crippen LogP contribution < -0.4 is 16.6 Å². The zero-order valence-electron chi connectivity index (χ0n) is 12.6. The molecular formula is C16H11F2N3O4. The van der Waals surface area contributed by atoms with Crippen LogP contribution in [0.2, 0.25) is 0 Å². The zero-order valence-corrected chi connectivity index (χ0v) is 12.6. The van der Waals surface area contributed by atoms with Gasteiger partial charge in [-0.25, -0.2) is 13.6 Å². The van der Waals surface area contributed by atoms with E-state index in [1.54, 1.807) is 12.1 Å². The van der Waals surface area contributed by atoms with Gasteiger partial charge < -0.3 is 14.7 Å². The molecule has 0 spiro atoms. The highest BCUT2D eigenvalue weighted by Crippen LogP contribution is 2.15. The number of aromatic amines is 1. The average Bonchev–Trinajstić information content (AvgIpc) is 3.08. The number of hydrogen-bond donors (Lipinski definition) is 2. The first-order valence-corrected chi connectivity index (χ1v) is 7.07. The van der Waals surface area contributed by atoms with Crippen LogP contribution in [0.5, 0.6) is 0 Å². The summed E-state index contributed by atoms with van der Waals surface area (Å²) in [6, 6.07) is 5.65. The average molecular weight is 347 g/mol. The van der Waals surface area contributed by atoms with Gasteiger partial charge in [-0.3, -0.25) is 14.2 Å². The van der Waals surface area contributed by atoms with Gasteiger partial charge in [0.2, 0.25) is 0 Å². The van der Waals surface area contributed by atoms with Crippen molar-refractivity contribution in [2.75, 3.05) is 5.32 Å². The van der Waals surface area contributed by atoms with Crippen molar-refractivity contribution in [1.29, 1.82) is 0 Å². The summed E-state index contributed by atoms with van der Waals surface area (Å²) in [7, 11) is 0. The fraction of sp³-hybridized carbons (Fsp3) is 0.0625. The number of furan rings is 1. The predicted molar refractivity (Wildman–Crippen MR) is 83.4 cm³/mol. The Morgan fingerprint density at radius 3 is 2.76 bits per heavy atom. The first kappa shape index (κ1) is 16.4. The van der Waals surface area contributed by atoms with E-state index in [4.69, 9.17) is 4.42 Å². The van der Waals surface area contributed by atoms with E-state index in [0.717, 1.165) is 29.0 Å². The van der Waals surface area contributed by atoms with Crippen LogP contribution in [0, 0.1) is 11.6 Å². The lowest BCUT2D eigenvalue weighted by Gasteiger charge is -2.08. The van der Waals surface area contributed by atoms with Gasteiger partial charge in [0.05, 0.1) is 18.5 Å².